The van der Waals surface area contributed by atoms with Gasteiger partial charge in [-0.05, 0) is 24.8 Å². The smallest absolute Gasteiger partial charge is 0.326 e. The van der Waals surface area contributed by atoms with Crippen molar-refractivity contribution in [2.75, 3.05) is 13.1 Å². The fraction of sp³-hybridized carbons (Fsp3) is 0.818. The highest BCUT2D eigenvalue weighted by Gasteiger charge is 2.39. The molecule has 0 radical (unpaired) electrons. The largest absolute Gasteiger partial charge is 0.480 e. The van der Waals surface area contributed by atoms with Crippen molar-refractivity contribution in [1.29, 1.82) is 0 Å². The third kappa shape index (κ3) is 2.35. The molecule has 2 atom stereocenters. The number of nitrogens with zero attached hydrogens (tertiary/aromatic N) is 1. The van der Waals surface area contributed by atoms with Crippen molar-refractivity contribution in [2.45, 2.75) is 31.7 Å². The van der Waals surface area contributed by atoms with Gasteiger partial charge in [0.05, 0.1) is 0 Å². The zero-order chi connectivity index (χ0) is 11.7. The molecule has 0 aromatic rings. The Labute approximate surface area is 94.6 Å². The van der Waals surface area contributed by atoms with Crippen molar-refractivity contribution in [1.82, 2.24) is 4.90 Å². The van der Waals surface area contributed by atoms with Crippen LogP contribution in [0.4, 0.5) is 0 Å². The third-order valence-corrected chi connectivity index (χ3v) is 3.49. The number of carboxylic acid groups (broad SMARTS) is 1. The molecule has 1 saturated carbocycles. The summed E-state index contributed by atoms with van der Waals surface area (Å²) in [5, 5.41) is 9.16. The summed E-state index contributed by atoms with van der Waals surface area (Å²) in [7, 11) is 0. The minimum Gasteiger partial charge on any atom is -0.480 e. The van der Waals surface area contributed by atoms with Crippen LogP contribution in [0.1, 0.15) is 25.7 Å². The van der Waals surface area contributed by atoms with E-state index in [1.807, 2.05) is 0 Å². The van der Waals surface area contributed by atoms with Crippen LogP contribution in [0.2, 0.25) is 0 Å². The Kier molecular flexibility index (Phi) is 3.14. The summed E-state index contributed by atoms with van der Waals surface area (Å²) >= 11 is 0. The van der Waals surface area contributed by atoms with Crippen LogP contribution in [0.3, 0.4) is 0 Å². The summed E-state index contributed by atoms with van der Waals surface area (Å²) in [6.45, 7) is 0.969. The molecule has 5 nitrogen and oxygen atoms in total. The van der Waals surface area contributed by atoms with E-state index in [1.165, 1.54) is 4.90 Å². The Morgan fingerprint density at radius 3 is 2.62 bits per heavy atom. The predicted octanol–water partition coefficient (Wildman–Crippen LogP) is 0.0469. The predicted molar refractivity (Wildman–Crippen MR) is 57.6 cm³/mol. The third-order valence-electron chi connectivity index (χ3n) is 3.49. The lowest BCUT2D eigenvalue weighted by atomic mass is 10.1. The van der Waals surface area contributed by atoms with Gasteiger partial charge in [-0.15, -0.1) is 0 Å². The zero-order valence-corrected chi connectivity index (χ0v) is 9.26. The molecule has 0 spiro atoms. The Hall–Kier alpha value is -1.10. The molecule has 1 amide bonds. The van der Waals surface area contributed by atoms with Crippen LogP contribution in [0.15, 0.2) is 0 Å². The molecule has 2 rings (SSSR count). The number of amides is 1. The fourth-order valence-electron chi connectivity index (χ4n) is 2.30. The Morgan fingerprint density at radius 1 is 1.50 bits per heavy atom. The Bertz CT molecular complexity index is 302. The molecule has 1 aliphatic carbocycles. The van der Waals surface area contributed by atoms with Crippen LogP contribution in [0.25, 0.3) is 0 Å². The van der Waals surface area contributed by atoms with Gasteiger partial charge in [-0.2, -0.15) is 0 Å². The topological polar surface area (TPSA) is 83.6 Å². The van der Waals surface area contributed by atoms with E-state index in [2.05, 4.69) is 0 Å². The number of rotatable bonds is 5. The number of carbonyl (C=O) groups is 2. The summed E-state index contributed by atoms with van der Waals surface area (Å²) in [5.41, 5.74) is 5.52. The van der Waals surface area contributed by atoms with Crippen LogP contribution in [-0.4, -0.2) is 41.0 Å². The molecule has 1 heterocycles. The molecule has 1 saturated heterocycles. The second-order valence-corrected chi connectivity index (χ2v) is 4.89. The molecular weight excluding hydrogens is 208 g/mol. The van der Waals surface area contributed by atoms with E-state index in [1.54, 1.807) is 0 Å². The maximum absolute atomic E-state index is 11.7. The summed E-state index contributed by atoms with van der Waals surface area (Å²) < 4.78 is 0. The average molecular weight is 226 g/mol. The van der Waals surface area contributed by atoms with Crippen molar-refractivity contribution < 1.29 is 14.7 Å². The fourth-order valence-corrected chi connectivity index (χ4v) is 2.30. The lowest BCUT2D eigenvalue weighted by molar-refractivity contribution is -0.148. The van der Waals surface area contributed by atoms with Gasteiger partial charge in [-0.1, -0.05) is 12.8 Å². The van der Waals surface area contributed by atoms with Gasteiger partial charge in [0, 0.05) is 13.0 Å². The van der Waals surface area contributed by atoms with E-state index < -0.39 is 12.0 Å². The van der Waals surface area contributed by atoms with E-state index in [4.69, 9.17) is 10.8 Å². The van der Waals surface area contributed by atoms with Gasteiger partial charge < -0.3 is 15.7 Å². The standard InChI is InChI=1S/C11H18N2O3/c12-5-8-4-10(14)13(6-8)9(11(15)16)3-7-1-2-7/h7-9H,1-6,12H2,(H,15,16). The number of aliphatic carboxylic acids is 1. The molecule has 2 unspecified atom stereocenters. The van der Waals surface area contributed by atoms with Gasteiger partial charge in [0.25, 0.3) is 0 Å². The van der Waals surface area contributed by atoms with Gasteiger partial charge in [-0.3, -0.25) is 4.79 Å². The van der Waals surface area contributed by atoms with Gasteiger partial charge in [0.15, 0.2) is 0 Å². The highest BCUT2D eigenvalue weighted by molar-refractivity contribution is 5.85. The minimum atomic E-state index is -0.877. The van der Waals surface area contributed by atoms with E-state index in [0.29, 0.717) is 31.8 Å². The van der Waals surface area contributed by atoms with E-state index in [9.17, 15) is 9.59 Å². The highest BCUT2D eigenvalue weighted by atomic mass is 16.4. The number of hydrogen-bond acceptors (Lipinski definition) is 3. The number of carboxylic acids is 1. The molecule has 0 aromatic heterocycles. The number of likely N-dealkylation sites (tertiary alicyclic amines) is 1. The maximum atomic E-state index is 11.7. The summed E-state index contributed by atoms with van der Waals surface area (Å²) in [5.74, 6) is -0.291. The van der Waals surface area contributed by atoms with Gasteiger partial charge in [0.1, 0.15) is 6.04 Å². The van der Waals surface area contributed by atoms with E-state index >= 15 is 0 Å². The van der Waals surface area contributed by atoms with Crippen LogP contribution in [0.5, 0.6) is 0 Å². The van der Waals surface area contributed by atoms with E-state index in [0.717, 1.165) is 12.8 Å². The lowest BCUT2D eigenvalue weighted by Gasteiger charge is -2.24. The molecule has 3 N–H and O–H groups in total. The first-order chi connectivity index (χ1) is 7.61. The molecule has 16 heavy (non-hydrogen) atoms. The van der Waals surface area contributed by atoms with Gasteiger partial charge in [-0.25, -0.2) is 4.79 Å². The van der Waals surface area contributed by atoms with E-state index in [-0.39, 0.29) is 11.8 Å². The Morgan fingerprint density at radius 2 is 2.19 bits per heavy atom. The van der Waals surface area contributed by atoms with Crippen LogP contribution < -0.4 is 5.73 Å². The first-order valence-corrected chi connectivity index (χ1v) is 5.84. The minimum absolute atomic E-state index is 0.0523. The average Bonchev–Trinajstić information content (AvgIpc) is 2.98. The summed E-state index contributed by atoms with van der Waals surface area (Å²) in [6, 6.07) is -0.628. The van der Waals surface area contributed by atoms with Crippen molar-refractivity contribution >= 4 is 11.9 Å². The quantitative estimate of drug-likeness (QED) is 0.693. The van der Waals surface area contributed by atoms with Gasteiger partial charge >= 0.3 is 5.97 Å². The zero-order valence-electron chi connectivity index (χ0n) is 9.26. The molecule has 0 bridgehead atoms. The second-order valence-electron chi connectivity index (χ2n) is 4.89. The maximum Gasteiger partial charge on any atom is 0.326 e. The number of nitrogens with two attached hydrogens (primary N) is 1. The first kappa shape index (κ1) is 11.4. The van der Waals surface area contributed by atoms with Crippen LogP contribution >= 0.6 is 0 Å². The summed E-state index contributed by atoms with van der Waals surface area (Å²) in [4.78, 5) is 24.4. The highest BCUT2D eigenvalue weighted by Crippen LogP contribution is 2.35. The number of carbonyl (C=O) groups excluding carboxylic acids is 1. The first-order valence-electron chi connectivity index (χ1n) is 5.84. The SMILES string of the molecule is NCC1CC(=O)N(C(CC2CC2)C(=O)O)C1. The molecule has 90 valence electrons. The van der Waals surface area contributed by atoms with Crippen LogP contribution in [0, 0.1) is 11.8 Å². The second kappa shape index (κ2) is 4.41. The lowest BCUT2D eigenvalue weighted by Crippen LogP contribution is -2.42. The molecule has 5 heteroatoms. The van der Waals surface area contributed by atoms with Crippen molar-refractivity contribution in [3.8, 4) is 0 Å². The van der Waals surface area contributed by atoms with Gasteiger partial charge in [0.2, 0.25) is 5.91 Å². The molecule has 2 aliphatic rings. The number of hydrogen-bond donors (Lipinski definition) is 2. The van der Waals surface area contributed by atoms with Crippen molar-refractivity contribution in [3.63, 3.8) is 0 Å². The molecule has 2 fully saturated rings. The van der Waals surface area contributed by atoms with Crippen LogP contribution in [-0.2, 0) is 9.59 Å². The molecule has 0 aromatic carbocycles. The molecular formula is C11H18N2O3. The monoisotopic (exact) mass is 226 g/mol. The normalized spacial score (nSPS) is 27.2. The van der Waals surface area contributed by atoms with Crippen molar-refractivity contribution in [3.05, 3.63) is 0 Å². The summed E-state index contributed by atoms with van der Waals surface area (Å²) in [6.07, 6.45) is 3.22. The molecule has 1 aliphatic heterocycles. The van der Waals surface area contributed by atoms with Crippen molar-refractivity contribution in [2.24, 2.45) is 17.6 Å². The Balaban J connectivity index is 2.01.